The topological polar surface area (TPSA) is 25.2 Å². The predicted octanol–water partition coefficient (Wildman–Crippen LogP) is 2.15. The lowest BCUT2D eigenvalue weighted by Crippen LogP contribution is -2.33. The zero-order valence-electron chi connectivity index (χ0n) is 11.9. The zero-order chi connectivity index (χ0) is 13.5. The Morgan fingerprint density at radius 1 is 1.50 bits per heavy atom. The molecule has 1 aromatic heterocycles. The van der Waals surface area contributed by atoms with Crippen molar-refractivity contribution in [1.82, 2.24) is 5.32 Å². The molecule has 0 aliphatic rings. The molecule has 0 aliphatic heterocycles. The second kappa shape index (κ2) is 7.49. The Morgan fingerprint density at radius 2 is 2.22 bits per heavy atom. The fourth-order valence-electron chi connectivity index (χ4n) is 1.94. The number of hydrogen-bond donors (Lipinski definition) is 1. The van der Waals surface area contributed by atoms with E-state index < -0.39 is 0 Å². The van der Waals surface area contributed by atoms with Gasteiger partial charge in [-0.15, -0.1) is 0 Å². The van der Waals surface area contributed by atoms with Gasteiger partial charge in [-0.1, -0.05) is 17.7 Å². The molecule has 3 heteroatoms. The Morgan fingerprint density at radius 3 is 2.78 bits per heavy atom. The fourth-order valence-corrected chi connectivity index (χ4v) is 2.94. The van der Waals surface area contributed by atoms with Crippen molar-refractivity contribution in [3.63, 3.8) is 0 Å². The van der Waals surface area contributed by atoms with Crippen molar-refractivity contribution in [2.75, 3.05) is 13.3 Å². The molecule has 0 amide bonds. The van der Waals surface area contributed by atoms with Crippen LogP contribution in [0.4, 0.5) is 0 Å². The summed E-state index contributed by atoms with van der Waals surface area (Å²) in [5.41, 5.74) is 2.27. The fraction of sp³-hybridized carbons (Fsp3) is 0.467. The van der Waals surface area contributed by atoms with Crippen LogP contribution in [0.25, 0.3) is 12.2 Å². The average Bonchev–Trinajstić information content (AvgIpc) is 2.84. The molecule has 2 nitrogen and oxygen atoms in total. The summed E-state index contributed by atoms with van der Waals surface area (Å²) in [6.07, 6.45) is 10.1. The number of hydrogen-bond acceptors (Lipinski definition) is 3. The van der Waals surface area contributed by atoms with Crippen molar-refractivity contribution < 1.29 is 4.42 Å². The second-order valence-electron chi connectivity index (χ2n) is 4.34. The summed E-state index contributed by atoms with van der Waals surface area (Å²) < 4.78 is 5.45. The number of nitrogens with one attached hydrogen (secondary N) is 1. The van der Waals surface area contributed by atoms with Crippen molar-refractivity contribution in [3.05, 3.63) is 34.6 Å². The molecule has 1 heterocycles. The Labute approximate surface area is 114 Å². The first-order valence-corrected chi connectivity index (χ1v) is 7.51. The maximum Gasteiger partial charge on any atom is 0.133 e. The van der Waals surface area contributed by atoms with E-state index >= 15 is 0 Å². The van der Waals surface area contributed by atoms with E-state index in [0.29, 0.717) is 11.3 Å². The number of thioether (sulfide) groups is 1. The van der Waals surface area contributed by atoms with E-state index in [0.717, 1.165) is 10.6 Å². The lowest BCUT2D eigenvalue weighted by Gasteiger charge is -2.22. The van der Waals surface area contributed by atoms with E-state index in [-0.39, 0.29) is 0 Å². The minimum absolute atomic E-state index is 0.457. The van der Waals surface area contributed by atoms with Gasteiger partial charge in [0.1, 0.15) is 5.42 Å². The highest BCUT2D eigenvalue weighted by Gasteiger charge is 2.15. The molecule has 18 heavy (non-hydrogen) atoms. The van der Waals surface area contributed by atoms with Gasteiger partial charge in [0.2, 0.25) is 0 Å². The third-order valence-electron chi connectivity index (χ3n) is 3.15. The molecule has 0 aromatic carbocycles. The van der Waals surface area contributed by atoms with E-state index in [4.69, 9.17) is 4.42 Å². The summed E-state index contributed by atoms with van der Waals surface area (Å²) in [6, 6.07) is 2.44. The first-order chi connectivity index (χ1) is 8.63. The van der Waals surface area contributed by atoms with E-state index in [9.17, 15) is 0 Å². The minimum atomic E-state index is 0.457. The Kier molecular flexibility index (Phi) is 6.30. The van der Waals surface area contributed by atoms with Crippen LogP contribution in [-0.4, -0.2) is 24.6 Å². The molecule has 0 spiro atoms. The van der Waals surface area contributed by atoms with Gasteiger partial charge >= 0.3 is 0 Å². The van der Waals surface area contributed by atoms with Crippen molar-refractivity contribution in [1.29, 1.82) is 0 Å². The van der Waals surface area contributed by atoms with Gasteiger partial charge in [0.15, 0.2) is 0 Å². The van der Waals surface area contributed by atoms with Gasteiger partial charge < -0.3 is 9.73 Å². The van der Waals surface area contributed by atoms with E-state index in [1.807, 2.05) is 31.8 Å². The lowest BCUT2D eigenvalue weighted by molar-refractivity contribution is 0.531. The van der Waals surface area contributed by atoms with Crippen LogP contribution in [-0.2, 0) is 0 Å². The highest BCUT2D eigenvalue weighted by molar-refractivity contribution is 7.99. The highest BCUT2D eigenvalue weighted by atomic mass is 32.2. The lowest BCUT2D eigenvalue weighted by atomic mass is 10.1. The molecule has 2 unspecified atom stereocenters. The Balaban J connectivity index is 3.00. The molecule has 0 aliphatic carbocycles. The summed E-state index contributed by atoms with van der Waals surface area (Å²) in [5, 5.41) is 4.93. The van der Waals surface area contributed by atoms with Crippen LogP contribution >= 0.6 is 11.8 Å². The smallest absolute Gasteiger partial charge is 0.133 e. The molecule has 1 N–H and O–H groups in total. The number of rotatable bonds is 5. The van der Waals surface area contributed by atoms with Crippen LogP contribution in [0.2, 0.25) is 0 Å². The average molecular weight is 265 g/mol. The molecule has 0 saturated heterocycles. The molecule has 0 saturated carbocycles. The monoisotopic (exact) mass is 265 g/mol. The summed E-state index contributed by atoms with van der Waals surface area (Å²) in [7, 11) is 2.00. The third-order valence-corrected chi connectivity index (χ3v) is 4.44. The highest BCUT2D eigenvalue weighted by Crippen LogP contribution is 2.19. The van der Waals surface area contributed by atoms with Gasteiger partial charge in [-0.3, -0.25) is 0 Å². The molecule has 2 atom stereocenters. The van der Waals surface area contributed by atoms with Gasteiger partial charge in [-0.05, 0) is 46.2 Å². The molecular formula is C15H23NOS. The quantitative estimate of drug-likeness (QED) is 0.883. The molecule has 0 radical (unpaired) electrons. The third kappa shape index (κ3) is 3.79. The predicted molar refractivity (Wildman–Crippen MR) is 82.1 cm³/mol. The van der Waals surface area contributed by atoms with Gasteiger partial charge in [-0.25, -0.2) is 0 Å². The maximum absolute atomic E-state index is 5.45. The summed E-state index contributed by atoms with van der Waals surface area (Å²) in [6.45, 7) is 6.40. The molecular weight excluding hydrogens is 242 g/mol. The van der Waals surface area contributed by atoms with Crippen molar-refractivity contribution in [2.45, 2.75) is 32.1 Å². The Bertz CT molecular complexity index is 501. The second-order valence-corrected chi connectivity index (χ2v) is 5.32. The van der Waals surface area contributed by atoms with E-state index in [1.165, 1.54) is 5.57 Å². The zero-order valence-corrected chi connectivity index (χ0v) is 12.7. The summed E-state index contributed by atoms with van der Waals surface area (Å²) >= 11 is 1.87. The SMILES string of the molecule is C/C=c1/cco/c1=C/C=C(\C)C(SC)C(C)NC. The van der Waals surface area contributed by atoms with Crippen molar-refractivity contribution in [3.8, 4) is 0 Å². The number of furan rings is 1. The van der Waals surface area contributed by atoms with Crippen molar-refractivity contribution >= 4 is 23.9 Å². The van der Waals surface area contributed by atoms with E-state index in [2.05, 4.69) is 43.6 Å². The van der Waals surface area contributed by atoms with Gasteiger partial charge in [0, 0.05) is 16.5 Å². The van der Waals surface area contributed by atoms with Crippen molar-refractivity contribution in [2.24, 2.45) is 0 Å². The normalized spacial score (nSPS) is 18.2. The summed E-state index contributed by atoms with van der Waals surface area (Å²) in [4.78, 5) is 0. The van der Waals surface area contributed by atoms with Crippen LogP contribution in [0.5, 0.6) is 0 Å². The first kappa shape index (κ1) is 15.1. The van der Waals surface area contributed by atoms with Crippen LogP contribution in [0.3, 0.4) is 0 Å². The van der Waals surface area contributed by atoms with Crippen LogP contribution in [0.1, 0.15) is 20.8 Å². The standard InChI is InChI=1S/C15H23NOS/c1-6-13-9-10-17-14(13)8-7-11(2)15(18-5)12(3)16-4/h6-10,12,15-16H,1-5H3/b11-7+,13-6-,14-8+. The van der Waals surface area contributed by atoms with Gasteiger partial charge in [-0.2, -0.15) is 11.8 Å². The van der Waals surface area contributed by atoms with E-state index in [1.54, 1.807) is 6.26 Å². The van der Waals surface area contributed by atoms with Crippen LogP contribution in [0.15, 0.2) is 28.4 Å². The van der Waals surface area contributed by atoms with Gasteiger partial charge in [0.05, 0.1) is 6.26 Å². The summed E-state index contributed by atoms with van der Waals surface area (Å²) in [5.74, 6) is 0. The largest absolute Gasteiger partial charge is 0.464 e. The molecule has 0 bridgehead atoms. The molecule has 0 fully saturated rings. The Hall–Kier alpha value is -0.930. The number of allylic oxidation sites excluding steroid dienone is 1. The van der Waals surface area contributed by atoms with Crippen LogP contribution in [0, 0.1) is 0 Å². The molecule has 1 aromatic rings. The maximum atomic E-state index is 5.45. The minimum Gasteiger partial charge on any atom is -0.464 e. The van der Waals surface area contributed by atoms with Crippen LogP contribution < -0.4 is 16.0 Å². The molecule has 1 rings (SSSR count). The first-order valence-electron chi connectivity index (χ1n) is 6.22. The van der Waals surface area contributed by atoms with Gasteiger partial charge in [0.25, 0.3) is 0 Å². The molecule has 100 valence electrons.